The van der Waals surface area contributed by atoms with Gasteiger partial charge in [0.1, 0.15) is 16.4 Å². The van der Waals surface area contributed by atoms with Crippen molar-refractivity contribution in [1.82, 2.24) is 9.97 Å². The molecule has 2 aromatic heterocycles. The Labute approximate surface area is 141 Å². The predicted octanol–water partition coefficient (Wildman–Crippen LogP) is 4.50. The lowest BCUT2D eigenvalue weighted by Gasteiger charge is -2.05. The zero-order valence-corrected chi connectivity index (χ0v) is 15.1. The highest BCUT2D eigenvalue weighted by atomic mass is 79.9. The Kier molecular flexibility index (Phi) is 3.67. The van der Waals surface area contributed by atoms with Crippen molar-refractivity contribution >= 4 is 53.4 Å². The van der Waals surface area contributed by atoms with Gasteiger partial charge in [-0.2, -0.15) is 0 Å². The fraction of sp³-hybridized carbons (Fsp3) is 0.143. The number of aromatic nitrogens is 2. The normalized spacial score (nSPS) is 11.2. The molecule has 0 aliphatic heterocycles. The number of rotatable bonds is 1. The average molecular weight is 430 g/mol. The van der Waals surface area contributed by atoms with E-state index in [2.05, 4.69) is 41.8 Å². The van der Waals surface area contributed by atoms with Crippen molar-refractivity contribution in [3.05, 3.63) is 41.9 Å². The van der Waals surface area contributed by atoms with E-state index in [4.69, 9.17) is 0 Å². The molecule has 0 atom stereocenters. The monoisotopic (exact) mass is 428 g/mol. The van der Waals surface area contributed by atoms with Crippen molar-refractivity contribution in [1.29, 1.82) is 0 Å². The Morgan fingerprint density at radius 3 is 2.48 bits per heavy atom. The summed E-state index contributed by atoms with van der Waals surface area (Å²) >= 11 is 8.07. The highest BCUT2D eigenvalue weighted by Crippen LogP contribution is 2.36. The number of nitrogens with zero attached hydrogens (tertiary/aromatic N) is 1. The molecule has 2 N–H and O–H groups in total. The zero-order valence-electron chi connectivity index (χ0n) is 11.1. The molecule has 0 bridgehead atoms. The number of phenolic OH excluding ortho intramolecular Hbond substituents is 1. The van der Waals surface area contributed by atoms with Crippen LogP contribution in [0.15, 0.2) is 25.9 Å². The molecule has 0 radical (unpaired) electrons. The predicted molar refractivity (Wildman–Crippen MR) is 92.2 cm³/mol. The third kappa shape index (κ3) is 2.43. The average Bonchev–Trinajstić information content (AvgIpc) is 2.71. The fourth-order valence-corrected chi connectivity index (χ4v) is 4.31. The summed E-state index contributed by atoms with van der Waals surface area (Å²) in [6.07, 6.45) is 0. The van der Waals surface area contributed by atoms with Gasteiger partial charge in [0.15, 0.2) is 0 Å². The minimum atomic E-state index is -0.142. The van der Waals surface area contributed by atoms with Crippen LogP contribution in [0.25, 0.3) is 21.6 Å². The van der Waals surface area contributed by atoms with Gasteiger partial charge < -0.3 is 10.1 Å². The number of hydrogen-bond donors (Lipinski definition) is 2. The van der Waals surface area contributed by atoms with Gasteiger partial charge in [-0.1, -0.05) is 0 Å². The van der Waals surface area contributed by atoms with Gasteiger partial charge in [-0.15, -0.1) is 11.3 Å². The lowest BCUT2D eigenvalue weighted by molar-refractivity contribution is 0.468. The van der Waals surface area contributed by atoms with Crippen LogP contribution >= 0.6 is 43.2 Å². The summed E-state index contributed by atoms with van der Waals surface area (Å²) in [5, 5.41) is 10.4. The van der Waals surface area contributed by atoms with Gasteiger partial charge in [-0.3, -0.25) is 4.79 Å². The van der Waals surface area contributed by atoms with E-state index in [1.54, 1.807) is 12.1 Å². The first-order chi connectivity index (χ1) is 9.88. The molecule has 4 nitrogen and oxygen atoms in total. The number of aromatic hydroxyl groups is 1. The minimum absolute atomic E-state index is 0.116. The van der Waals surface area contributed by atoms with Gasteiger partial charge in [0.05, 0.1) is 14.3 Å². The van der Waals surface area contributed by atoms with Crippen LogP contribution < -0.4 is 5.56 Å². The number of aryl methyl sites for hydroxylation is 2. The molecule has 0 unspecified atom stereocenters. The van der Waals surface area contributed by atoms with Gasteiger partial charge in [0.25, 0.3) is 5.56 Å². The van der Waals surface area contributed by atoms with Crippen LogP contribution in [0.4, 0.5) is 0 Å². The topological polar surface area (TPSA) is 66.0 Å². The molecule has 0 saturated heterocycles. The molecule has 21 heavy (non-hydrogen) atoms. The first kappa shape index (κ1) is 14.7. The number of benzene rings is 1. The quantitative estimate of drug-likeness (QED) is 0.598. The summed E-state index contributed by atoms with van der Waals surface area (Å²) in [5.74, 6) is 0.597. The van der Waals surface area contributed by atoms with Crippen molar-refractivity contribution in [3.8, 4) is 17.1 Å². The smallest absolute Gasteiger partial charge is 0.260 e. The molecular weight excluding hydrogens is 420 g/mol. The van der Waals surface area contributed by atoms with Crippen molar-refractivity contribution in [2.45, 2.75) is 13.8 Å². The number of thiophene rings is 1. The first-order valence-corrected chi connectivity index (χ1v) is 8.47. The van der Waals surface area contributed by atoms with Crippen LogP contribution in [0.5, 0.6) is 5.75 Å². The van der Waals surface area contributed by atoms with E-state index in [0.717, 1.165) is 15.3 Å². The van der Waals surface area contributed by atoms with E-state index in [1.165, 1.54) is 11.3 Å². The summed E-state index contributed by atoms with van der Waals surface area (Å²) in [5.41, 5.74) is 1.55. The summed E-state index contributed by atoms with van der Waals surface area (Å²) in [6, 6.07) is 3.44. The summed E-state index contributed by atoms with van der Waals surface area (Å²) in [4.78, 5) is 21.4. The number of nitrogens with one attached hydrogen (secondary N) is 1. The highest BCUT2D eigenvalue weighted by molar-refractivity contribution is 9.11. The molecule has 3 rings (SSSR count). The van der Waals surface area contributed by atoms with Gasteiger partial charge in [-0.05, 0) is 63.4 Å². The maximum atomic E-state index is 12.3. The highest BCUT2D eigenvalue weighted by Gasteiger charge is 2.14. The standard InChI is InChI=1S/C14H10Br2N2O2S/c1-5-6(2)21-14-10(5)13(20)17-12(18-14)7-3-8(15)11(19)9(16)4-7/h3-4,19H,1-2H3,(H,17,18,20). The first-order valence-electron chi connectivity index (χ1n) is 6.07. The fourth-order valence-electron chi connectivity index (χ4n) is 2.09. The molecule has 0 fully saturated rings. The molecule has 3 aromatic rings. The van der Waals surface area contributed by atoms with Crippen LogP contribution in [-0.4, -0.2) is 15.1 Å². The van der Waals surface area contributed by atoms with Gasteiger partial charge >= 0.3 is 0 Å². The van der Waals surface area contributed by atoms with E-state index < -0.39 is 0 Å². The third-order valence-electron chi connectivity index (χ3n) is 3.33. The van der Waals surface area contributed by atoms with Crippen LogP contribution in [-0.2, 0) is 0 Å². The van der Waals surface area contributed by atoms with Crippen molar-refractivity contribution < 1.29 is 5.11 Å². The molecule has 108 valence electrons. The molecular formula is C14H10Br2N2O2S. The maximum Gasteiger partial charge on any atom is 0.260 e. The van der Waals surface area contributed by atoms with E-state index >= 15 is 0 Å². The summed E-state index contributed by atoms with van der Waals surface area (Å²) < 4.78 is 1.07. The van der Waals surface area contributed by atoms with Crippen LogP contribution in [0.2, 0.25) is 0 Å². The summed E-state index contributed by atoms with van der Waals surface area (Å²) in [7, 11) is 0. The molecule has 0 amide bonds. The van der Waals surface area contributed by atoms with Crippen LogP contribution in [0.1, 0.15) is 10.4 Å². The number of phenols is 1. The molecule has 0 saturated carbocycles. The second-order valence-electron chi connectivity index (χ2n) is 4.67. The van der Waals surface area contributed by atoms with E-state index in [-0.39, 0.29) is 11.3 Å². The lowest BCUT2D eigenvalue weighted by Crippen LogP contribution is -2.09. The number of fused-ring (bicyclic) bond motifs is 1. The maximum absolute atomic E-state index is 12.3. The number of hydrogen-bond acceptors (Lipinski definition) is 4. The molecule has 7 heteroatoms. The number of aromatic amines is 1. The van der Waals surface area contributed by atoms with Crippen molar-refractivity contribution in [2.24, 2.45) is 0 Å². The second kappa shape index (κ2) is 5.23. The zero-order chi connectivity index (χ0) is 15.3. The van der Waals surface area contributed by atoms with Crippen LogP contribution in [0.3, 0.4) is 0 Å². The third-order valence-corrected chi connectivity index (χ3v) is 5.64. The van der Waals surface area contributed by atoms with Gasteiger partial charge in [-0.25, -0.2) is 4.98 Å². The molecule has 1 aromatic carbocycles. The SMILES string of the molecule is Cc1sc2nc(-c3cc(Br)c(O)c(Br)c3)[nH]c(=O)c2c1C. The Morgan fingerprint density at radius 1 is 1.24 bits per heavy atom. The Balaban J connectivity index is 2.29. The molecule has 0 aliphatic carbocycles. The summed E-state index contributed by atoms with van der Waals surface area (Å²) in [6.45, 7) is 3.91. The van der Waals surface area contributed by atoms with Crippen molar-refractivity contribution in [3.63, 3.8) is 0 Å². The lowest BCUT2D eigenvalue weighted by atomic mass is 10.2. The second-order valence-corrected chi connectivity index (χ2v) is 7.58. The minimum Gasteiger partial charge on any atom is -0.506 e. The Hall–Kier alpha value is -1.18. The molecule has 0 aliphatic rings. The van der Waals surface area contributed by atoms with E-state index in [1.807, 2.05) is 13.8 Å². The van der Waals surface area contributed by atoms with E-state index in [0.29, 0.717) is 25.7 Å². The Morgan fingerprint density at radius 2 is 1.86 bits per heavy atom. The van der Waals surface area contributed by atoms with Crippen LogP contribution in [0, 0.1) is 13.8 Å². The Bertz CT molecular complexity index is 908. The molecule has 0 spiro atoms. The van der Waals surface area contributed by atoms with E-state index in [9.17, 15) is 9.90 Å². The van der Waals surface area contributed by atoms with Crippen molar-refractivity contribution in [2.75, 3.05) is 0 Å². The van der Waals surface area contributed by atoms with Gasteiger partial charge in [0.2, 0.25) is 0 Å². The molecule has 2 heterocycles. The number of halogens is 2. The largest absolute Gasteiger partial charge is 0.506 e. The van der Waals surface area contributed by atoms with Gasteiger partial charge in [0, 0.05) is 10.4 Å². The number of H-pyrrole nitrogens is 1.